The highest BCUT2D eigenvalue weighted by Crippen LogP contribution is 2.12. The van der Waals surface area contributed by atoms with Gasteiger partial charge in [0.05, 0.1) is 7.11 Å². The second kappa shape index (κ2) is 7.69. The van der Waals surface area contributed by atoms with Gasteiger partial charge < -0.3 is 14.6 Å². The van der Waals surface area contributed by atoms with Crippen molar-refractivity contribution in [1.82, 2.24) is 9.88 Å². The van der Waals surface area contributed by atoms with Crippen LogP contribution in [0.15, 0.2) is 36.4 Å². The third-order valence-electron chi connectivity index (χ3n) is 3.85. The van der Waals surface area contributed by atoms with Crippen LogP contribution in [-0.2, 0) is 17.8 Å². The molecule has 0 atom stereocenters. The van der Waals surface area contributed by atoms with Crippen LogP contribution in [0.5, 0.6) is 5.75 Å². The number of amides is 1. The summed E-state index contributed by atoms with van der Waals surface area (Å²) in [6.45, 7) is 5.51. The van der Waals surface area contributed by atoms with Crippen LogP contribution in [0.3, 0.4) is 0 Å². The van der Waals surface area contributed by atoms with Crippen LogP contribution in [0.4, 0.5) is 0 Å². The van der Waals surface area contributed by atoms with Gasteiger partial charge in [-0.2, -0.15) is 0 Å². The van der Waals surface area contributed by atoms with E-state index in [1.165, 1.54) is 11.4 Å². The first-order valence-electron chi connectivity index (χ1n) is 7.62. The zero-order valence-corrected chi connectivity index (χ0v) is 13.6. The van der Waals surface area contributed by atoms with Gasteiger partial charge in [0.15, 0.2) is 0 Å². The van der Waals surface area contributed by atoms with Gasteiger partial charge in [-0.15, -0.1) is 0 Å². The summed E-state index contributed by atoms with van der Waals surface area (Å²) in [6.07, 6.45) is 1.32. The average molecular weight is 300 g/mol. The number of nitrogens with zero attached hydrogens (tertiary/aromatic N) is 1. The minimum Gasteiger partial charge on any atom is -0.497 e. The molecule has 1 heterocycles. The molecule has 1 N–H and O–H groups in total. The van der Waals surface area contributed by atoms with Gasteiger partial charge in [-0.05, 0) is 50.1 Å². The number of methoxy groups -OCH3 is 1. The molecule has 4 heteroatoms. The molecule has 4 nitrogen and oxygen atoms in total. The van der Waals surface area contributed by atoms with Gasteiger partial charge in [-0.25, -0.2) is 0 Å². The van der Waals surface area contributed by atoms with E-state index in [-0.39, 0.29) is 5.91 Å². The first kappa shape index (κ1) is 16.1. The van der Waals surface area contributed by atoms with E-state index in [0.717, 1.165) is 24.3 Å². The number of aryl methyl sites for hydroxylation is 2. The van der Waals surface area contributed by atoms with Crippen LogP contribution in [0, 0.1) is 13.8 Å². The molecular weight excluding hydrogens is 276 g/mol. The van der Waals surface area contributed by atoms with Gasteiger partial charge in [0.1, 0.15) is 5.75 Å². The summed E-state index contributed by atoms with van der Waals surface area (Å²) in [5, 5.41) is 2.98. The van der Waals surface area contributed by atoms with Gasteiger partial charge in [0.25, 0.3) is 0 Å². The summed E-state index contributed by atoms with van der Waals surface area (Å²) in [4.78, 5) is 11.9. The van der Waals surface area contributed by atoms with Crippen molar-refractivity contribution in [2.75, 3.05) is 13.7 Å². The molecular formula is C18H24N2O2. The minimum absolute atomic E-state index is 0.0930. The molecule has 22 heavy (non-hydrogen) atoms. The highest BCUT2D eigenvalue weighted by Gasteiger charge is 2.05. The van der Waals surface area contributed by atoms with Crippen LogP contribution in [-0.4, -0.2) is 24.1 Å². The second-order valence-electron chi connectivity index (χ2n) is 5.47. The second-order valence-corrected chi connectivity index (χ2v) is 5.47. The maximum absolute atomic E-state index is 11.9. The van der Waals surface area contributed by atoms with Crippen molar-refractivity contribution in [2.45, 2.75) is 33.2 Å². The van der Waals surface area contributed by atoms with Crippen LogP contribution < -0.4 is 10.1 Å². The zero-order chi connectivity index (χ0) is 15.9. The van der Waals surface area contributed by atoms with E-state index in [1.54, 1.807) is 7.11 Å². The van der Waals surface area contributed by atoms with Crippen molar-refractivity contribution in [2.24, 2.45) is 0 Å². The van der Waals surface area contributed by atoms with Crippen molar-refractivity contribution < 1.29 is 9.53 Å². The molecule has 1 aromatic heterocycles. The van der Waals surface area contributed by atoms with Crippen LogP contribution in [0.1, 0.15) is 23.4 Å². The van der Waals surface area contributed by atoms with E-state index in [4.69, 9.17) is 4.74 Å². The lowest BCUT2D eigenvalue weighted by Crippen LogP contribution is -2.26. The smallest absolute Gasteiger partial charge is 0.221 e. The summed E-state index contributed by atoms with van der Waals surface area (Å²) in [5.74, 6) is 0.942. The first-order valence-corrected chi connectivity index (χ1v) is 7.62. The van der Waals surface area contributed by atoms with Crippen molar-refractivity contribution in [3.05, 3.63) is 53.3 Å². The molecule has 0 aliphatic rings. The molecule has 2 rings (SSSR count). The maximum Gasteiger partial charge on any atom is 0.221 e. The predicted octanol–water partition coefficient (Wildman–Crippen LogP) is 2.86. The fourth-order valence-electron chi connectivity index (χ4n) is 2.53. The molecule has 1 amide bonds. The highest BCUT2D eigenvalue weighted by atomic mass is 16.5. The number of carbonyl (C=O) groups excluding carboxylic acids is 1. The number of nitrogens with one attached hydrogen (secondary N) is 1. The summed E-state index contributed by atoms with van der Waals surface area (Å²) in [6, 6.07) is 12.1. The van der Waals surface area contributed by atoms with Crippen molar-refractivity contribution in [1.29, 1.82) is 0 Å². The van der Waals surface area contributed by atoms with Crippen molar-refractivity contribution in [3.63, 3.8) is 0 Å². The Morgan fingerprint density at radius 3 is 2.59 bits per heavy atom. The highest BCUT2D eigenvalue weighted by molar-refractivity contribution is 5.75. The number of aromatic nitrogens is 1. The predicted molar refractivity (Wildman–Crippen MR) is 88.2 cm³/mol. The van der Waals surface area contributed by atoms with Gasteiger partial charge in [0, 0.05) is 30.9 Å². The monoisotopic (exact) mass is 300 g/mol. The molecule has 0 fully saturated rings. The third kappa shape index (κ3) is 4.38. The molecule has 0 radical (unpaired) electrons. The molecule has 1 aromatic carbocycles. The fraction of sp³-hybridized carbons (Fsp3) is 0.389. The fourth-order valence-corrected chi connectivity index (χ4v) is 2.53. The van der Waals surface area contributed by atoms with E-state index < -0.39 is 0 Å². The van der Waals surface area contributed by atoms with Gasteiger partial charge in [-0.3, -0.25) is 4.79 Å². The first-order chi connectivity index (χ1) is 10.6. The molecule has 0 unspecified atom stereocenters. The SMILES string of the molecule is COc1cccc(CCNC(=O)CCn2c(C)ccc2C)c1. The minimum atomic E-state index is 0.0930. The molecule has 0 spiro atoms. The number of hydrogen-bond acceptors (Lipinski definition) is 2. The summed E-state index contributed by atoms with van der Waals surface area (Å²) >= 11 is 0. The Balaban J connectivity index is 1.74. The Labute approximate surface area is 132 Å². The maximum atomic E-state index is 11.9. The zero-order valence-electron chi connectivity index (χ0n) is 13.6. The van der Waals surface area contributed by atoms with Crippen molar-refractivity contribution in [3.8, 4) is 5.75 Å². The van der Waals surface area contributed by atoms with Crippen LogP contribution in [0.25, 0.3) is 0 Å². The Bertz CT molecular complexity index is 612. The molecule has 118 valence electrons. The third-order valence-corrected chi connectivity index (χ3v) is 3.85. The van der Waals surface area contributed by atoms with Crippen LogP contribution in [0.2, 0.25) is 0 Å². The van der Waals surface area contributed by atoms with Crippen molar-refractivity contribution >= 4 is 5.91 Å². The lowest BCUT2D eigenvalue weighted by atomic mass is 10.1. The summed E-state index contributed by atoms with van der Waals surface area (Å²) < 4.78 is 7.36. The molecule has 0 saturated carbocycles. The number of benzene rings is 1. The standard InChI is InChI=1S/C18H24N2O2/c1-14-7-8-15(2)20(14)12-10-18(21)19-11-9-16-5-4-6-17(13-16)22-3/h4-8,13H,9-12H2,1-3H3,(H,19,21). The number of ether oxygens (including phenoxy) is 1. The van der Waals surface area contributed by atoms with E-state index >= 15 is 0 Å². The molecule has 0 bridgehead atoms. The normalized spacial score (nSPS) is 10.5. The van der Waals surface area contributed by atoms with Gasteiger partial charge in [0.2, 0.25) is 5.91 Å². The quantitative estimate of drug-likeness (QED) is 0.854. The average Bonchev–Trinajstić information content (AvgIpc) is 2.84. The number of rotatable bonds is 7. The number of carbonyl (C=O) groups is 1. The Morgan fingerprint density at radius 2 is 1.91 bits per heavy atom. The molecule has 0 aliphatic heterocycles. The van der Waals surface area contributed by atoms with E-state index in [9.17, 15) is 4.79 Å². The molecule has 0 saturated heterocycles. The topological polar surface area (TPSA) is 43.3 Å². The largest absolute Gasteiger partial charge is 0.497 e. The van der Waals surface area contributed by atoms with Gasteiger partial charge in [-0.1, -0.05) is 12.1 Å². The lowest BCUT2D eigenvalue weighted by Gasteiger charge is -2.10. The molecule has 2 aromatic rings. The molecule has 0 aliphatic carbocycles. The van der Waals surface area contributed by atoms with E-state index in [0.29, 0.717) is 13.0 Å². The summed E-state index contributed by atoms with van der Waals surface area (Å²) in [5.41, 5.74) is 3.56. The van der Waals surface area contributed by atoms with E-state index in [2.05, 4.69) is 35.9 Å². The van der Waals surface area contributed by atoms with Crippen LogP contribution >= 0.6 is 0 Å². The van der Waals surface area contributed by atoms with E-state index in [1.807, 2.05) is 24.3 Å². The van der Waals surface area contributed by atoms with Gasteiger partial charge >= 0.3 is 0 Å². The summed E-state index contributed by atoms with van der Waals surface area (Å²) in [7, 11) is 1.66. The Hall–Kier alpha value is -2.23. The lowest BCUT2D eigenvalue weighted by molar-refractivity contribution is -0.121. The Morgan fingerprint density at radius 1 is 1.18 bits per heavy atom. The number of hydrogen-bond donors (Lipinski definition) is 1. The Kier molecular flexibility index (Phi) is 5.64.